The van der Waals surface area contributed by atoms with Gasteiger partial charge in [0.2, 0.25) is 11.8 Å². The lowest BCUT2D eigenvalue weighted by Gasteiger charge is -2.35. The summed E-state index contributed by atoms with van der Waals surface area (Å²) in [4.78, 5) is 25.8. The van der Waals surface area contributed by atoms with Gasteiger partial charge in [-0.25, -0.2) is 0 Å². The molecule has 2 aliphatic rings. The van der Waals surface area contributed by atoms with Crippen LogP contribution >= 0.6 is 11.8 Å². The monoisotopic (exact) mass is 318 g/mol. The molecule has 2 fully saturated rings. The summed E-state index contributed by atoms with van der Waals surface area (Å²) in [6.45, 7) is 1.63. The molecule has 2 amide bonds. The minimum atomic E-state index is -0.322. The van der Waals surface area contributed by atoms with Gasteiger partial charge < -0.3 is 10.2 Å². The zero-order valence-electron chi connectivity index (χ0n) is 12.7. The lowest BCUT2D eigenvalue weighted by atomic mass is 9.90. The van der Waals surface area contributed by atoms with Gasteiger partial charge in [0.15, 0.2) is 0 Å². The quantitative estimate of drug-likeness (QED) is 0.923. The minimum Gasteiger partial charge on any atom is -0.343 e. The van der Waals surface area contributed by atoms with E-state index in [2.05, 4.69) is 29.6 Å². The van der Waals surface area contributed by atoms with Crippen LogP contribution in [0.3, 0.4) is 0 Å². The molecule has 3 rings (SSSR count). The number of benzene rings is 1. The van der Waals surface area contributed by atoms with E-state index < -0.39 is 0 Å². The van der Waals surface area contributed by atoms with Crippen LogP contribution in [0, 0.1) is 5.92 Å². The Hall–Kier alpha value is -1.49. The van der Waals surface area contributed by atoms with Crippen molar-refractivity contribution in [2.45, 2.75) is 25.3 Å². The molecule has 5 heteroatoms. The van der Waals surface area contributed by atoms with Gasteiger partial charge in [-0.05, 0) is 30.7 Å². The van der Waals surface area contributed by atoms with Crippen molar-refractivity contribution in [3.05, 3.63) is 35.9 Å². The summed E-state index contributed by atoms with van der Waals surface area (Å²) < 4.78 is 0. The molecular weight excluding hydrogens is 296 g/mol. The summed E-state index contributed by atoms with van der Waals surface area (Å²) in [6.07, 6.45) is 3.20. The van der Waals surface area contributed by atoms with Crippen LogP contribution in [0.15, 0.2) is 30.3 Å². The number of amides is 2. The van der Waals surface area contributed by atoms with Crippen LogP contribution in [-0.4, -0.2) is 47.4 Å². The Balaban J connectivity index is 1.49. The number of rotatable bonds is 3. The third kappa shape index (κ3) is 3.83. The van der Waals surface area contributed by atoms with E-state index in [4.69, 9.17) is 0 Å². The maximum Gasteiger partial charge on any atom is 0.246 e. The Kier molecular flexibility index (Phi) is 5.03. The number of hydrogen-bond donors (Lipinski definition) is 1. The topological polar surface area (TPSA) is 49.4 Å². The Morgan fingerprint density at radius 2 is 1.95 bits per heavy atom. The van der Waals surface area contributed by atoms with E-state index in [1.165, 1.54) is 5.56 Å². The van der Waals surface area contributed by atoms with Crippen molar-refractivity contribution in [1.29, 1.82) is 0 Å². The van der Waals surface area contributed by atoms with Crippen LogP contribution in [0.5, 0.6) is 0 Å². The molecule has 4 nitrogen and oxygen atoms in total. The van der Waals surface area contributed by atoms with Crippen LogP contribution in [0.1, 0.15) is 18.4 Å². The van der Waals surface area contributed by atoms with Crippen LogP contribution < -0.4 is 5.32 Å². The van der Waals surface area contributed by atoms with Crippen molar-refractivity contribution in [2.24, 2.45) is 5.92 Å². The van der Waals surface area contributed by atoms with E-state index in [1.807, 2.05) is 11.0 Å². The van der Waals surface area contributed by atoms with Crippen molar-refractivity contribution < 1.29 is 9.59 Å². The molecule has 22 heavy (non-hydrogen) atoms. The zero-order chi connectivity index (χ0) is 15.4. The predicted octanol–water partition coefficient (Wildman–Crippen LogP) is 1.70. The maximum atomic E-state index is 12.5. The SMILES string of the molecule is O=C1CSCC(C(=O)N2CCC(Cc3ccccc3)CC2)N1. The van der Waals surface area contributed by atoms with E-state index in [-0.39, 0.29) is 17.9 Å². The molecule has 0 radical (unpaired) electrons. The highest BCUT2D eigenvalue weighted by atomic mass is 32.2. The van der Waals surface area contributed by atoms with Gasteiger partial charge in [-0.3, -0.25) is 9.59 Å². The molecular formula is C17H22N2O2S. The van der Waals surface area contributed by atoms with Gasteiger partial charge in [-0.1, -0.05) is 30.3 Å². The zero-order valence-corrected chi connectivity index (χ0v) is 13.5. The molecule has 1 N–H and O–H groups in total. The third-order valence-corrected chi connectivity index (χ3v) is 5.48. The number of thioether (sulfide) groups is 1. The third-order valence-electron chi connectivity index (χ3n) is 4.44. The smallest absolute Gasteiger partial charge is 0.246 e. The molecule has 0 spiro atoms. The fourth-order valence-corrected chi connectivity index (χ4v) is 4.05. The minimum absolute atomic E-state index is 0.0198. The summed E-state index contributed by atoms with van der Waals surface area (Å²) in [7, 11) is 0. The molecule has 1 aromatic rings. The van der Waals surface area contributed by atoms with Gasteiger partial charge in [0.1, 0.15) is 6.04 Å². The maximum absolute atomic E-state index is 12.5. The Morgan fingerprint density at radius 1 is 1.23 bits per heavy atom. The molecule has 0 saturated carbocycles. The summed E-state index contributed by atoms with van der Waals surface area (Å²) in [5, 5.41) is 2.81. The summed E-state index contributed by atoms with van der Waals surface area (Å²) in [5.74, 6) is 1.91. The van der Waals surface area contributed by atoms with E-state index in [9.17, 15) is 9.59 Å². The molecule has 2 aliphatic heterocycles. The second kappa shape index (κ2) is 7.18. The molecule has 1 atom stereocenters. The first kappa shape index (κ1) is 15.4. The van der Waals surface area contributed by atoms with Gasteiger partial charge in [-0.2, -0.15) is 0 Å². The summed E-state index contributed by atoms with van der Waals surface area (Å²) in [6, 6.07) is 10.2. The first-order chi connectivity index (χ1) is 10.7. The molecule has 2 saturated heterocycles. The first-order valence-corrected chi connectivity index (χ1v) is 9.07. The second-order valence-electron chi connectivity index (χ2n) is 6.09. The largest absolute Gasteiger partial charge is 0.343 e. The molecule has 1 aromatic carbocycles. The predicted molar refractivity (Wildman–Crippen MR) is 88.7 cm³/mol. The van der Waals surface area contributed by atoms with Crippen molar-refractivity contribution >= 4 is 23.6 Å². The number of nitrogens with zero attached hydrogens (tertiary/aromatic N) is 1. The highest BCUT2D eigenvalue weighted by Gasteiger charge is 2.31. The van der Waals surface area contributed by atoms with Crippen molar-refractivity contribution in [3.63, 3.8) is 0 Å². The molecule has 2 heterocycles. The van der Waals surface area contributed by atoms with E-state index in [1.54, 1.807) is 11.8 Å². The van der Waals surface area contributed by atoms with Gasteiger partial charge >= 0.3 is 0 Å². The van der Waals surface area contributed by atoms with Crippen LogP contribution in [0.25, 0.3) is 0 Å². The summed E-state index contributed by atoms with van der Waals surface area (Å²) in [5.41, 5.74) is 1.38. The number of piperidine rings is 1. The van der Waals surface area contributed by atoms with Crippen molar-refractivity contribution in [2.75, 3.05) is 24.6 Å². The fourth-order valence-electron chi connectivity index (χ4n) is 3.21. The normalized spacial score (nSPS) is 23.2. The molecule has 0 aromatic heterocycles. The molecule has 0 aliphatic carbocycles. The average molecular weight is 318 g/mol. The lowest BCUT2D eigenvalue weighted by molar-refractivity contribution is -0.136. The van der Waals surface area contributed by atoms with Crippen LogP contribution in [0.4, 0.5) is 0 Å². The second-order valence-corrected chi connectivity index (χ2v) is 7.12. The highest BCUT2D eigenvalue weighted by molar-refractivity contribution is 8.00. The number of nitrogens with one attached hydrogen (secondary N) is 1. The van der Waals surface area contributed by atoms with Crippen LogP contribution in [0.2, 0.25) is 0 Å². The van der Waals surface area contributed by atoms with Gasteiger partial charge in [0.25, 0.3) is 0 Å². The van der Waals surface area contributed by atoms with E-state index >= 15 is 0 Å². The molecule has 1 unspecified atom stereocenters. The number of carbonyl (C=O) groups is 2. The average Bonchev–Trinajstić information content (AvgIpc) is 2.56. The fraction of sp³-hybridized carbons (Fsp3) is 0.529. The number of hydrogen-bond acceptors (Lipinski definition) is 3. The van der Waals surface area contributed by atoms with E-state index in [0.29, 0.717) is 17.4 Å². The number of carbonyl (C=O) groups excluding carboxylic acids is 2. The highest BCUT2D eigenvalue weighted by Crippen LogP contribution is 2.23. The summed E-state index contributed by atoms with van der Waals surface area (Å²) >= 11 is 1.55. The van der Waals surface area contributed by atoms with Crippen molar-refractivity contribution in [1.82, 2.24) is 10.2 Å². The van der Waals surface area contributed by atoms with Crippen molar-refractivity contribution in [3.8, 4) is 0 Å². The Labute approximate surface area is 135 Å². The van der Waals surface area contributed by atoms with Gasteiger partial charge in [-0.15, -0.1) is 11.8 Å². The first-order valence-electron chi connectivity index (χ1n) is 7.92. The standard InChI is InChI=1S/C17H22N2O2S/c20-16-12-22-11-15(18-16)17(21)19-8-6-14(7-9-19)10-13-4-2-1-3-5-13/h1-5,14-15H,6-12H2,(H,18,20). The van der Waals surface area contributed by atoms with Gasteiger partial charge in [0.05, 0.1) is 5.75 Å². The van der Waals surface area contributed by atoms with Crippen LogP contribution in [-0.2, 0) is 16.0 Å². The van der Waals surface area contributed by atoms with Gasteiger partial charge in [0, 0.05) is 18.8 Å². The van der Waals surface area contributed by atoms with E-state index in [0.717, 1.165) is 32.4 Å². The Morgan fingerprint density at radius 3 is 2.64 bits per heavy atom. The Bertz CT molecular complexity index is 527. The lowest BCUT2D eigenvalue weighted by Crippen LogP contribution is -2.54. The molecule has 118 valence electrons. The molecule has 0 bridgehead atoms. The number of likely N-dealkylation sites (tertiary alicyclic amines) is 1.